The zero-order chi connectivity index (χ0) is 10.7. The molecule has 4 heteroatoms. The van der Waals surface area contributed by atoms with Crippen LogP contribution in [0.1, 0.15) is 0 Å². The zero-order valence-electron chi connectivity index (χ0n) is 8.56. The topological polar surface area (TPSA) is 45.5 Å². The van der Waals surface area contributed by atoms with Gasteiger partial charge in [-0.25, -0.2) is 0 Å². The van der Waals surface area contributed by atoms with Gasteiger partial charge >= 0.3 is 0 Å². The minimum absolute atomic E-state index is 0.361. The van der Waals surface area contributed by atoms with Gasteiger partial charge in [-0.05, 0) is 12.1 Å². The Morgan fingerprint density at radius 3 is 2.80 bits per heavy atom. The first kappa shape index (κ1) is 9.66. The number of nitriles is 1. The zero-order valence-corrected chi connectivity index (χ0v) is 8.56. The van der Waals surface area contributed by atoms with Crippen LogP contribution in [0.5, 0.6) is 11.5 Å². The van der Waals surface area contributed by atoms with E-state index in [1.807, 2.05) is 30.1 Å². The molecule has 1 aromatic carbocycles. The third-order valence-corrected chi connectivity index (χ3v) is 2.27. The molecule has 1 aromatic rings. The Bertz CT molecular complexity index is 398. The number of anilines is 1. The lowest BCUT2D eigenvalue weighted by Crippen LogP contribution is -2.19. The molecule has 78 valence electrons. The molecule has 0 spiro atoms. The molecule has 0 atom stereocenters. The summed E-state index contributed by atoms with van der Waals surface area (Å²) in [6, 6.07) is 7.79. The summed E-state index contributed by atoms with van der Waals surface area (Å²) in [6.07, 6.45) is 0. The van der Waals surface area contributed by atoms with E-state index < -0.39 is 0 Å². The quantitative estimate of drug-likeness (QED) is 0.683. The molecule has 0 aliphatic carbocycles. The predicted molar refractivity (Wildman–Crippen MR) is 56.3 cm³/mol. The molecule has 1 aliphatic rings. The van der Waals surface area contributed by atoms with Crippen LogP contribution in [0.3, 0.4) is 0 Å². The third-order valence-electron chi connectivity index (χ3n) is 2.27. The van der Waals surface area contributed by atoms with Gasteiger partial charge in [-0.15, -0.1) is 0 Å². The van der Waals surface area contributed by atoms with E-state index in [2.05, 4.69) is 6.07 Å². The Labute approximate surface area is 88.6 Å². The van der Waals surface area contributed by atoms with Crippen molar-refractivity contribution in [3.8, 4) is 17.6 Å². The lowest BCUT2D eigenvalue weighted by atomic mass is 10.2. The van der Waals surface area contributed by atoms with Crippen molar-refractivity contribution in [2.24, 2.45) is 0 Å². The minimum Gasteiger partial charge on any atom is -0.486 e. The summed E-state index contributed by atoms with van der Waals surface area (Å²) in [6.45, 7) is 1.54. The minimum atomic E-state index is 0.361. The van der Waals surface area contributed by atoms with Crippen LogP contribution in [0.4, 0.5) is 5.69 Å². The molecule has 0 radical (unpaired) electrons. The van der Waals surface area contributed by atoms with Crippen molar-refractivity contribution < 1.29 is 9.47 Å². The van der Waals surface area contributed by atoms with E-state index in [4.69, 9.17) is 14.7 Å². The predicted octanol–water partition coefficient (Wildman–Crippen LogP) is 1.42. The second kappa shape index (κ2) is 4.09. The second-order valence-corrected chi connectivity index (χ2v) is 3.34. The van der Waals surface area contributed by atoms with E-state index in [9.17, 15) is 0 Å². The standard InChI is InChI=1S/C11H12N2O2/c1-13(5-4-12)9-2-3-10-11(8-9)15-7-6-14-10/h2-3,8H,5-7H2,1H3. The number of nitrogens with zero attached hydrogens (tertiary/aromatic N) is 2. The largest absolute Gasteiger partial charge is 0.486 e. The van der Waals surface area contributed by atoms with Crippen LogP contribution in [0.2, 0.25) is 0 Å². The maximum Gasteiger partial charge on any atom is 0.163 e. The Hall–Kier alpha value is -1.89. The van der Waals surface area contributed by atoms with E-state index in [0.717, 1.165) is 17.2 Å². The summed E-state index contributed by atoms with van der Waals surface area (Å²) < 4.78 is 10.9. The number of hydrogen-bond donors (Lipinski definition) is 0. The van der Waals surface area contributed by atoms with Crippen LogP contribution < -0.4 is 14.4 Å². The molecule has 0 saturated carbocycles. The van der Waals surface area contributed by atoms with Gasteiger partial charge < -0.3 is 14.4 Å². The van der Waals surface area contributed by atoms with Crippen molar-refractivity contribution in [3.05, 3.63) is 18.2 Å². The molecule has 0 fully saturated rings. The molecule has 0 bridgehead atoms. The van der Waals surface area contributed by atoms with Crippen molar-refractivity contribution in [2.45, 2.75) is 0 Å². The van der Waals surface area contributed by atoms with Gasteiger partial charge in [0.1, 0.15) is 19.8 Å². The van der Waals surface area contributed by atoms with Gasteiger partial charge in [0, 0.05) is 18.8 Å². The van der Waals surface area contributed by atoms with Gasteiger partial charge in [0.15, 0.2) is 11.5 Å². The average molecular weight is 204 g/mol. The Kier molecular flexibility index (Phi) is 2.64. The fraction of sp³-hybridized carbons (Fsp3) is 0.364. The summed E-state index contributed by atoms with van der Waals surface area (Å²) in [7, 11) is 1.87. The van der Waals surface area contributed by atoms with Crippen LogP contribution in [0, 0.1) is 11.3 Å². The highest BCUT2D eigenvalue weighted by atomic mass is 16.6. The molecule has 2 rings (SSSR count). The second-order valence-electron chi connectivity index (χ2n) is 3.34. The van der Waals surface area contributed by atoms with Gasteiger partial charge in [-0.2, -0.15) is 5.26 Å². The molecule has 0 unspecified atom stereocenters. The summed E-state index contributed by atoms with van der Waals surface area (Å²) in [5, 5.41) is 8.59. The van der Waals surface area contributed by atoms with Crippen LogP contribution in [0.25, 0.3) is 0 Å². The van der Waals surface area contributed by atoms with Crippen LogP contribution in [-0.4, -0.2) is 26.8 Å². The highest BCUT2D eigenvalue weighted by molar-refractivity contribution is 5.56. The normalized spacial score (nSPS) is 13.1. The van der Waals surface area contributed by atoms with Crippen molar-refractivity contribution in [3.63, 3.8) is 0 Å². The van der Waals surface area contributed by atoms with Crippen molar-refractivity contribution in [1.82, 2.24) is 0 Å². The molecule has 0 N–H and O–H groups in total. The first-order valence-corrected chi connectivity index (χ1v) is 4.79. The summed E-state index contributed by atoms with van der Waals surface area (Å²) >= 11 is 0. The molecule has 1 heterocycles. The summed E-state index contributed by atoms with van der Waals surface area (Å²) in [5.74, 6) is 1.53. The highest BCUT2D eigenvalue weighted by Gasteiger charge is 2.12. The lowest BCUT2D eigenvalue weighted by molar-refractivity contribution is 0.171. The average Bonchev–Trinajstić information content (AvgIpc) is 2.29. The number of benzene rings is 1. The van der Waals surface area contributed by atoms with Gasteiger partial charge in [-0.1, -0.05) is 0 Å². The summed E-state index contributed by atoms with van der Waals surface area (Å²) in [5.41, 5.74) is 0.959. The highest BCUT2D eigenvalue weighted by Crippen LogP contribution is 2.33. The van der Waals surface area contributed by atoms with Crippen molar-refractivity contribution >= 4 is 5.69 Å². The monoisotopic (exact) mass is 204 g/mol. The first-order valence-electron chi connectivity index (χ1n) is 4.79. The smallest absolute Gasteiger partial charge is 0.163 e. The van der Waals surface area contributed by atoms with E-state index in [1.165, 1.54) is 0 Å². The van der Waals surface area contributed by atoms with E-state index in [-0.39, 0.29) is 0 Å². The number of fused-ring (bicyclic) bond motifs is 1. The van der Waals surface area contributed by atoms with Crippen molar-refractivity contribution in [1.29, 1.82) is 5.26 Å². The maximum absolute atomic E-state index is 8.59. The molecular formula is C11H12N2O2. The SMILES string of the molecule is CN(CC#N)c1ccc2c(c1)OCCO2. The fourth-order valence-corrected chi connectivity index (χ4v) is 1.47. The Balaban J connectivity index is 2.24. The van der Waals surface area contributed by atoms with Gasteiger partial charge in [0.2, 0.25) is 0 Å². The molecule has 15 heavy (non-hydrogen) atoms. The van der Waals surface area contributed by atoms with Gasteiger partial charge in [0.05, 0.1) is 6.07 Å². The number of ether oxygens (including phenoxy) is 2. The maximum atomic E-state index is 8.59. The molecule has 4 nitrogen and oxygen atoms in total. The molecule has 0 saturated heterocycles. The van der Waals surface area contributed by atoms with Crippen LogP contribution >= 0.6 is 0 Å². The van der Waals surface area contributed by atoms with E-state index in [1.54, 1.807) is 0 Å². The molecule has 1 aliphatic heterocycles. The lowest BCUT2D eigenvalue weighted by Gasteiger charge is -2.21. The van der Waals surface area contributed by atoms with Crippen LogP contribution in [-0.2, 0) is 0 Å². The van der Waals surface area contributed by atoms with E-state index >= 15 is 0 Å². The number of rotatable bonds is 2. The molecule has 0 amide bonds. The summed E-state index contributed by atoms with van der Waals surface area (Å²) in [4.78, 5) is 1.86. The van der Waals surface area contributed by atoms with E-state index in [0.29, 0.717) is 19.8 Å². The number of hydrogen-bond acceptors (Lipinski definition) is 4. The molecular weight excluding hydrogens is 192 g/mol. The van der Waals surface area contributed by atoms with Crippen molar-refractivity contribution in [2.75, 3.05) is 31.7 Å². The Morgan fingerprint density at radius 1 is 1.33 bits per heavy atom. The van der Waals surface area contributed by atoms with Gasteiger partial charge in [-0.3, -0.25) is 0 Å². The fourth-order valence-electron chi connectivity index (χ4n) is 1.47. The Morgan fingerprint density at radius 2 is 2.07 bits per heavy atom. The third kappa shape index (κ3) is 1.96. The first-order chi connectivity index (χ1) is 7.31. The molecule has 0 aromatic heterocycles. The van der Waals surface area contributed by atoms with Crippen LogP contribution in [0.15, 0.2) is 18.2 Å². The van der Waals surface area contributed by atoms with Gasteiger partial charge in [0.25, 0.3) is 0 Å².